The van der Waals surface area contributed by atoms with Crippen LogP contribution in [0.2, 0.25) is 0 Å². The molecule has 2 aromatic rings. The van der Waals surface area contributed by atoms with Crippen molar-refractivity contribution in [1.82, 2.24) is 19.9 Å². The Morgan fingerprint density at radius 1 is 0.909 bits per heavy atom. The number of ketones is 1. The molecule has 2 aromatic heterocycles. The van der Waals surface area contributed by atoms with E-state index in [2.05, 4.69) is 9.97 Å². The van der Waals surface area contributed by atoms with E-state index in [9.17, 15) is 31.1 Å². The van der Waals surface area contributed by atoms with Gasteiger partial charge in [0.1, 0.15) is 0 Å². The number of halogens is 6. The topological polar surface area (TPSA) is 74.4 Å². The van der Waals surface area contributed by atoms with Crippen molar-refractivity contribution in [3.05, 3.63) is 35.9 Å². The maximum Gasteiger partial charge on any atom is 0.316 e. The van der Waals surface area contributed by atoms with Crippen LogP contribution in [0.15, 0.2) is 12.4 Å². The lowest BCUT2D eigenvalue weighted by Gasteiger charge is -2.20. The molecule has 0 saturated carbocycles. The predicted octanol–water partition coefficient (Wildman–Crippen LogP) is 2.04. The minimum absolute atomic E-state index is 0.515. The molecule has 0 atom stereocenters. The van der Waals surface area contributed by atoms with Gasteiger partial charge in [0, 0.05) is 11.4 Å². The van der Waals surface area contributed by atoms with Crippen LogP contribution in [0.4, 0.5) is 26.3 Å². The van der Waals surface area contributed by atoms with Gasteiger partial charge in [0.25, 0.3) is 17.9 Å². The van der Waals surface area contributed by atoms with Gasteiger partial charge in [-0.2, -0.15) is 26.3 Å². The molecule has 0 saturated heterocycles. The molecule has 0 unspecified atom stereocenters. The van der Waals surface area contributed by atoms with E-state index < -0.39 is 54.0 Å². The molecule has 0 aliphatic heterocycles. The quantitative estimate of drug-likeness (QED) is 0.798. The minimum Gasteiger partial charge on any atom is -0.318 e. The van der Waals surface area contributed by atoms with E-state index >= 15 is 0 Å². The van der Waals surface area contributed by atoms with Gasteiger partial charge in [0.15, 0.2) is 0 Å². The van der Waals surface area contributed by atoms with Crippen LogP contribution in [0.5, 0.6) is 0 Å². The second-order valence-electron chi connectivity index (χ2n) is 4.49. The van der Waals surface area contributed by atoms with Crippen molar-refractivity contribution >= 4 is 5.78 Å². The van der Waals surface area contributed by atoms with Crippen LogP contribution >= 0.6 is 0 Å². The average molecular weight is 326 g/mol. The first-order valence-corrected chi connectivity index (χ1v) is 5.79. The molecule has 0 spiro atoms. The Morgan fingerprint density at radius 3 is 1.55 bits per heavy atom. The Bertz CT molecular complexity index is 623. The standard InChI is InChI=1S/C11H8F6N4O/c12-8-18-3-5(20-8)1-10(14,15)7(22)11(16,17)2-6-4-19-9(13)21-6/h3-4H,1-2H2,(H,18,20)(H,19,21). The fourth-order valence-corrected chi connectivity index (χ4v) is 1.75. The Morgan fingerprint density at radius 2 is 1.27 bits per heavy atom. The van der Waals surface area contributed by atoms with Gasteiger partial charge in [-0.25, -0.2) is 9.97 Å². The molecule has 0 fully saturated rings. The normalized spacial score (nSPS) is 12.6. The van der Waals surface area contributed by atoms with Gasteiger partial charge in [0.2, 0.25) is 0 Å². The van der Waals surface area contributed by atoms with E-state index in [-0.39, 0.29) is 0 Å². The van der Waals surface area contributed by atoms with Crippen molar-refractivity contribution < 1.29 is 31.1 Å². The first-order valence-electron chi connectivity index (χ1n) is 5.79. The van der Waals surface area contributed by atoms with Gasteiger partial charge in [-0.05, 0) is 0 Å². The number of carbonyl (C=O) groups excluding carboxylic acids is 1. The van der Waals surface area contributed by atoms with Gasteiger partial charge in [-0.15, -0.1) is 0 Å². The summed E-state index contributed by atoms with van der Waals surface area (Å²) >= 11 is 0. The lowest BCUT2D eigenvalue weighted by molar-refractivity contribution is -0.169. The van der Waals surface area contributed by atoms with Crippen LogP contribution in [0.25, 0.3) is 0 Å². The number of Topliss-reactive ketones (excluding diaryl/α,β-unsaturated/α-hetero) is 1. The highest BCUT2D eigenvalue weighted by Crippen LogP contribution is 2.31. The summed E-state index contributed by atoms with van der Waals surface area (Å²) in [6.45, 7) is 0. The highest BCUT2D eigenvalue weighted by molar-refractivity contribution is 5.92. The highest BCUT2D eigenvalue weighted by atomic mass is 19.3. The Labute approximate surface area is 118 Å². The predicted molar refractivity (Wildman–Crippen MR) is 59.4 cm³/mol. The molecule has 11 heteroatoms. The highest BCUT2D eigenvalue weighted by Gasteiger charge is 2.54. The van der Waals surface area contributed by atoms with Crippen molar-refractivity contribution in [2.75, 3.05) is 0 Å². The lowest BCUT2D eigenvalue weighted by atomic mass is 10.0. The van der Waals surface area contributed by atoms with Crippen LogP contribution in [-0.2, 0) is 17.6 Å². The summed E-state index contributed by atoms with van der Waals surface area (Å²) < 4.78 is 79.5. The summed E-state index contributed by atoms with van der Waals surface area (Å²) in [5.41, 5.74) is -1.03. The van der Waals surface area contributed by atoms with Crippen molar-refractivity contribution in [1.29, 1.82) is 0 Å². The number of H-pyrrole nitrogens is 2. The van der Waals surface area contributed by atoms with E-state index in [1.54, 1.807) is 9.97 Å². The number of rotatable bonds is 6. The van der Waals surface area contributed by atoms with Crippen molar-refractivity contribution in [2.24, 2.45) is 0 Å². The number of carbonyl (C=O) groups is 1. The molecule has 0 aromatic carbocycles. The number of nitrogens with one attached hydrogen (secondary N) is 2. The second kappa shape index (κ2) is 5.46. The molecular weight excluding hydrogens is 318 g/mol. The second-order valence-corrected chi connectivity index (χ2v) is 4.49. The van der Waals surface area contributed by atoms with Crippen molar-refractivity contribution in [3.63, 3.8) is 0 Å². The first kappa shape index (κ1) is 16.0. The maximum atomic E-state index is 13.6. The number of hydrogen-bond acceptors (Lipinski definition) is 3. The van der Waals surface area contributed by atoms with Crippen molar-refractivity contribution in [2.45, 2.75) is 24.7 Å². The van der Waals surface area contributed by atoms with Crippen molar-refractivity contribution in [3.8, 4) is 0 Å². The zero-order valence-corrected chi connectivity index (χ0v) is 10.6. The number of alkyl halides is 4. The summed E-state index contributed by atoms with van der Waals surface area (Å²) in [5.74, 6) is -11.6. The average Bonchev–Trinajstić information content (AvgIpc) is 2.96. The fourth-order valence-electron chi connectivity index (χ4n) is 1.75. The molecule has 0 amide bonds. The first-order chi connectivity index (χ1) is 10.1. The largest absolute Gasteiger partial charge is 0.318 e. The molecule has 5 nitrogen and oxygen atoms in total. The smallest absolute Gasteiger partial charge is 0.316 e. The molecule has 0 bridgehead atoms. The molecule has 22 heavy (non-hydrogen) atoms. The lowest BCUT2D eigenvalue weighted by Crippen LogP contribution is -2.45. The molecule has 0 aliphatic carbocycles. The third-order valence-electron chi connectivity index (χ3n) is 2.68. The fraction of sp³-hybridized carbons (Fsp3) is 0.364. The van der Waals surface area contributed by atoms with E-state index in [1.165, 1.54) is 0 Å². The van der Waals surface area contributed by atoms with Crippen LogP contribution < -0.4 is 0 Å². The Balaban J connectivity index is 2.13. The summed E-state index contributed by atoms with van der Waals surface area (Å²) in [6.07, 6.45) is -3.96. The Hall–Kier alpha value is -2.33. The number of aromatic amines is 2. The van der Waals surface area contributed by atoms with E-state index in [1.807, 2.05) is 0 Å². The molecule has 0 radical (unpaired) electrons. The zero-order chi connectivity index (χ0) is 16.5. The summed E-state index contributed by atoms with van der Waals surface area (Å²) in [5, 5.41) is 0. The van der Waals surface area contributed by atoms with Gasteiger partial charge in [0.05, 0.1) is 25.2 Å². The third kappa shape index (κ3) is 3.46. The molecule has 2 N–H and O–H groups in total. The molecule has 120 valence electrons. The monoisotopic (exact) mass is 326 g/mol. The summed E-state index contributed by atoms with van der Waals surface area (Å²) in [6, 6.07) is 0. The van der Waals surface area contributed by atoms with Crippen LogP contribution in [-0.4, -0.2) is 37.6 Å². The number of nitrogens with zero attached hydrogens (tertiary/aromatic N) is 2. The molecule has 0 aliphatic rings. The number of aromatic nitrogens is 4. The molecular formula is C11H8F6N4O. The zero-order valence-electron chi connectivity index (χ0n) is 10.6. The van der Waals surface area contributed by atoms with Gasteiger partial charge in [-0.3, -0.25) is 4.79 Å². The molecule has 2 rings (SSSR count). The van der Waals surface area contributed by atoms with E-state index in [0.29, 0.717) is 12.4 Å². The Kier molecular flexibility index (Phi) is 3.98. The van der Waals surface area contributed by atoms with Gasteiger partial charge < -0.3 is 9.97 Å². The van der Waals surface area contributed by atoms with Crippen LogP contribution in [0.1, 0.15) is 11.4 Å². The number of hydrogen-bond donors (Lipinski definition) is 2. The van der Waals surface area contributed by atoms with Crippen LogP contribution in [0, 0.1) is 12.2 Å². The third-order valence-corrected chi connectivity index (χ3v) is 2.68. The van der Waals surface area contributed by atoms with Gasteiger partial charge in [-0.1, -0.05) is 0 Å². The van der Waals surface area contributed by atoms with E-state index in [0.717, 1.165) is 0 Å². The summed E-state index contributed by atoms with van der Waals surface area (Å²) in [7, 11) is 0. The summed E-state index contributed by atoms with van der Waals surface area (Å²) in [4.78, 5) is 20.9. The van der Waals surface area contributed by atoms with Crippen LogP contribution in [0.3, 0.4) is 0 Å². The maximum absolute atomic E-state index is 13.6. The van der Waals surface area contributed by atoms with E-state index in [4.69, 9.17) is 0 Å². The SMILES string of the molecule is O=C(C(F)(F)Cc1cnc(F)[nH]1)C(F)(F)Cc1cnc(F)[nH]1. The minimum atomic E-state index is -4.46. The molecule has 2 heterocycles. The number of imidazole rings is 2. The van der Waals surface area contributed by atoms with Gasteiger partial charge >= 0.3 is 11.8 Å².